The zero-order chi connectivity index (χ0) is 13.0. The van der Waals surface area contributed by atoms with Gasteiger partial charge in [-0.15, -0.1) is 0 Å². The molecular formula is C11H11ClN4O2. The predicted octanol–water partition coefficient (Wildman–Crippen LogP) is 1.18. The van der Waals surface area contributed by atoms with Crippen molar-refractivity contribution in [2.24, 2.45) is 5.84 Å². The lowest BCUT2D eigenvalue weighted by Gasteiger charge is -2.07. The minimum Gasteiger partial charge on any atom is -0.470 e. The number of aromatic nitrogens is 2. The van der Waals surface area contributed by atoms with Gasteiger partial charge < -0.3 is 4.74 Å². The number of carbonyl (C=O) groups excluding carboxylic acids is 1. The Kier molecular flexibility index (Phi) is 3.81. The van der Waals surface area contributed by atoms with E-state index in [1.54, 1.807) is 18.3 Å². The van der Waals surface area contributed by atoms with E-state index in [2.05, 4.69) is 5.10 Å². The van der Waals surface area contributed by atoms with Crippen LogP contribution in [-0.4, -0.2) is 15.7 Å². The van der Waals surface area contributed by atoms with E-state index in [4.69, 9.17) is 22.2 Å². The summed E-state index contributed by atoms with van der Waals surface area (Å²) in [6.45, 7) is 0.154. The van der Waals surface area contributed by atoms with Crippen LogP contribution >= 0.6 is 11.6 Å². The normalized spacial score (nSPS) is 10.1. The Hall–Kier alpha value is -2.05. The van der Waals surface area contributed by atoms with Gasteiger partial charge in [-0.05, 0) is 18.2 Å². The maximum atomic E-state index is 11.2. The fraction of sp³-hybridized carbons (Fsp3) is 0.0909. The number of hydrogen-bond acceptors (Lipinski definition) is 4. The molecule has 0 fully saturated rings. The number of nitrogens with zero attached hydrogens (tertiary/aromatic N) is 2. The topological polar surface area (TPSA) is 82.2 Å². The molecule has 1 aromatic carbocycles. The van der Waals surface area contributed by atoms with Crippen molar-refractivity contribution >= 4 is 17.5 Å². The predicted molar refractivity (Wildman–Crippen MR) is 66.0 cm³/mol. The summed E-state index contributed by atoms with van der Waals surface area (Å²) in [7, 11) is 0. The lowest BCUT2D eigenvalue weighted by atomic mass is 10.3. The first-order valence-corrected chi connectivity index (χ1v) is 5.50. The average molecular weight is 267 g/mol. The van der Waals surface area contributed by atoms with Crippen LogP contribution in [0.25, 0.3) is 0 Å². The Morgan fingerprint density at radius 3 is 2.94 bits per heavy atom. The highest BCUT2D eigenvalue weighted by atomic mass is 35.5. The van der Waals surface area contributed by atoms with Gasteiger partial charge in [0.05, 0.1) is 5.02 Å². The molecule has 0 atom stereocenters. The molecule has 6 nitrogen and oxygen atoms in total. The van der Waals surface area contributed by atoms with Gasteiger partial charge >= 0.3 is 0 Å². The molecule has 0 aliphatic heterocycles. The molecule has 7 heteroatoms. The fourth-order valence-corrected chi connectivity index (χ4v) is 1.52. The number of rotatable bonds is 4. The van der Waals surface area contributed by atoms with Crippen molar-refractivity contribution in [1.29, 1.82) is 0 Å². The number of carbonyl (C=O) groups is 1. The molecular weight excluding hydrogens is 256 g/mol. The van der Waals surface area contributed by atoms with Crippen LogP contribution in [0.15, 0.2) is 36.5 Å². The van der Waals surface area contributed by atoms with Crippen LogP contribution in [0.3, 0.4) is 0 Å². The van der Waals surface area contributed by atoms with E-state index >= 15 is 0 Å². The van der Waals surface area contributed by atoms with Crippen LogP contribution in [0, 0.1) is 0 Å². The summed E-state index contributed by atoms with van der Waals surface area (Å²) in [5.41, 5.74) is 2.22. The number of para-hydroxylation sites is 1. The summed E-state index contributed by atoms with van der Waals surface area (Å²) >= 11 is 5.93. The molecule has 1 amide bonds. The van der Waals surface area contributed by atoms with Crippen LogP contribution in [0.4, 0.5) is 0 Å². The molecule has 0 aliphatic rings. The molecule has 3 N–H and O–H groups in total. The van der Waals surface area contributed by atoms with Crippen molar-refractivity contribution in [2.45, 2.75) is 6.73 Å². The molecule has 0 radical (unpaired) electrons. The van der Waals surface area contributed by atoms with Gasteiger partial charge in [-0.2, -0.15) is 5.10 Å². The molecule has 2 rings (SSSR count). The van der Waals surface area contributed by atoms with Gasteiger partial charge in [0.15, 0.2) is 12.4 Å². The van der Waals surface area contributed by atoms with Crippen LogP contribution in [-0.2, 0) is 6.73 Å². The highest BCUT2D eigenvalue weighted by Gasteiger charge is 2.07. The Morgan fingerprint density at radius 1 is 1.44 bits per heavy atom. The zero-order valence-electron chi connectivity index (χ0n) is 9.34. The molecule has 0 saturated carbocycles. The standard InChI is InChI=1S/C11H11ClN4O2/c12-8-3-1-2-4-10(8)18-7-16-6-5-9(15-16)11(17)14-13/h1-6H,7,13H2,(H,14,17). The number of benzene rings is 1. The minimum absolute atomic E-state index is 0.154. The average Bonchev–Trinajstić information content (AvgIpc) is 2.86. The molecule has 1 heterocycles. The van der Waals surface area contributed by atoms with Crippen LogP contribution < -0.4 is 16.0 Å². The lowest BCUT2D eigenvalue weighted by Crippen LogP contribution is -2.30. The number of nitrogens with two attached hydrogens (primary N) is 1. The van der Waals surface area contributed by atoms with E-state index < -0.39 is 5.91 Å². The van der Waals surface area contributed by atoms with Gasteiger partial charge in [0.1, 0.15) is 5.75 Å². The number of nitrogen functional groups attached to an aromatic ring is 1. The van der Waals surface area contributed by atoms with Crippen molar-refractivity contribution in [3.05, 3.63) is 47.2 Å². The smallest absolute Gasteiger partial charge is 0.285 e. The van der Waals surface area contributed by atoms with Gasteiger partial charge in [0.2, 0.25) is 0 Å². The first-order valence-electron chi connectivity index (χ1n) is 5.12. The lowest BCUT2D eigenvalue weighted by molar-refractivity contribution is 0.0946. The van der Waals surface area contributed by atoms with Crippen LogP contribution in [0.1, 0.15) is 10.5 Å². The zero-order valence-corrected chi connectivity index (χ0v) is 10.1. The molecule has 1 aromatic heterocycles. The number of ether oxygens (including phenoxy) is 1. The monoisotopic (exact) mass is 266 g/mol. The van der Waals surface area contributed by atoms with Gasteiger partial charge in [0.25, 0.3) is 5.91 Å². The summed E-state index contributed by atoms with van der Waals surface area (Å²) in [6, 6.07) is 8.65. The molecule has 0 unspecified atom stereocenters. The molecule has 94 valence electrons. The van der Waals surface area contributed by atoms with Crippen LogP contribution in [0.2, 0.25) is 5.02 Å². The van der Waals surface area contributed by atoms with E-state index in [0.29, 0.717) is 10.8 Å². The maximum absolute atomic E-state index is 11.2. The summed E-state index contributed by atoms with van der Waals surface area (Å²) in [5, 5.41) is 4.50. The van der Waals surface area contributed by atoms with Crippen LogP contribution in [0.5, 0.6) is 5.75 Å². The van der Waals surface area contributed by atoms with Gasteiger partial charge in [-0.3, -0.25) is 10.2 Å². The quantitative estimate of drug-likeness (QED) is 0.495. The highest BCUT2D eigenvalue weighted by molar-refractivity contribution is 6.32. The summed E-state index contributed by atoms with van der Waals surface area (Å²) < 4.78 is 6.92. The van der Waals surface area contributed by atoms with E-state index in [1.165, 1.54) is 10.7 Å². The molecule has 0 bridgehead atoms. The molecule has 0 spiro atoms. The molecule has 18 heavy (non-hydrogen) atoms. The Labute approximate surface area is 108 Å². The fourth-order valence-electron chi connectivity index (χ4n) is 1.33. The van der Waals surface area contributed by atoms with Crippen molar-refractivity contribution in [3.8, 4) is 5.75 Å². The van der Waals surface area contributed by atoms with E-state index in [-0.39, 0.29) is 12.4 Å². The maximum Gasteiger partial charge on any atom is 0.285 e. The first kappa shape index (κ1) is 12.4. The van der Waals surface area contributed by atoms with Crippen molar-refractivity contribution in [3.63, 3.8) is 0 Å². The third-order valence-electron chi connectivity index (χ3n) is 2.19. The molecule has 2 aromatic rings. The van der Waals surface area contributed by atoms with Crippen molar-refractivity contribution in [2.75, 3.05) is 0 Å². The molecule has 0 saturated heterocycles. The first-order chi connectivity index (χ1) is 8.70. The Balaban J connectivity index is 2.01. The second-order valence-electron chi connectivity index (χ2n) is 3.42. The highest BCUT2D eigenvalue weighted by Crippen LogP contribution is 2.23. The van der Waals surface area contributed by atoms with Gasteiger partial charge in [0, 0.05) is 6.20 Å². The number of hydrogen-bond donors (Lipinski definition) is 2. The van der Waals surface area contributed by atoms with Gasteiger partial charge in [-0.1, -0.05) is 23.7 Å². The largest absolute Gasteiger partial charge is 0.470 e. The third kappa shape index (κ3) is 2.79. The second-order valence-corrected chi connectivity index (χ2v) is 3.82. The minimum atomic E-state index is -0.452. The number of halogens is 1. The van der Waals surface area contributed by atoms with E-state index in [1.807, 2.05) is 17.6 Å². The third-order valence-corrected chi connectivity index (χ3v) is 2.51. The summed E-state index contributed by atoms with van der Waals surface area (Å²) in [5.74, 6) is 5.10. The van der Waals surface area contributed by atoms with Crippen molar-refractivity contribution in [1.82, 2.24) is 15.2 Å². The summed E-state index contributed by atoms with van der Waals surface area (Å²) in [4.78, 5) is 11.2. The van der Waals surface area contributed by atoms with E-state index in [9.17, 15) is 4.79 Å². The van der Waals surface area contributed by atoms with Crippen molar-refractivity contribution < 1.29 is 9.53 Å². The Morgan fingerprint density at radius 2 is 2.22 bits per heavy atom. The summed E-state index contributed by atoms with van der Waals surface area (Å²) in [6.07, 6.45) is 1.61. The number of nitrogens with one attached hydrogen (secondary N) is 1. The number of amides is 1. The second kappa shape index (κ2) is 5.52. The SMILES string of the molecule is NNC(=O)c1ccn(COc2ccccc2Cl)n1. The van der Waals surface area contributed by atoms with Gasteiger partial charge in [-0.25, -0.2) is 10.5 Å². The molecule has 0 aliphatic carbocycles. The van der Waals surface area contributed by atoms with E-state index in [0.717, 1.165) is 0 Å². The Bertz CT molecular complexity index is 555. The number of hydrazine groups is 1.